The van der Waals surface area contributed by atoms with Gasteiger partial charge in [-0.2, -0.15) is 0 Å². The Kier molecular flexibility index (Phi) is 4.63. The molecule has 1 fully saturated rings. The van der Waals surface area contributed by atoms with E-state index in [0.717, 1.165) is 43.4 Å². The van der Waals surface area contributed by atoms with Crippen LogP contribution in [-0.2, 0) is 4.74 Å². The van der Waals surface area contributed by atoms with Crippen molar-refractivity contribution in [2.45, 2.75) is 45.1 Å². The van der Waals surface area contributed by atoms with Crippen LogP contribution in [-0.4, -0.2) is 34.6 Å². The maximum Gasteiger partial charge on any atom is 0.133 e. The van der Waals surface area contributed by atoms with Crippen LogP contribution in [0.3, 0.4) is 0 Å². The molecule has 1 N–H and O–H groups in total. The fourth-order valence-corrected chi connectivity index (χ4v) is 2.57. The van der Waals surface area contributed by atoms with Gasteiger partial charge < -0.3 is 10.1 Å². The number of ether oxygens (including phenoxy) is 1. The van der Waals surface area contributed by atoms with Crippen LogP contribution in [0.25, 0.3) is 0 Å². The molecule has 1 aliphatic heterocycles. The number of nitrogens with zero attached hydrogens (tertiary/aromatic N) is 2. The Morgan fingerprint density at radius 3 is 2.63 bits per heavy atom. The van der Waals surface area contributed by atoms with E-state index in [0.29, 0.717) is 11.8 Å². The van der Waals surface area contributed by atoms with Crippen molar-refractivity contribution >= 4 is 17.4 Å². The first-order valence-electron chi connectivity index (χ1n) is 6.82. The first-order valence-corrected chi connectivity index (χ1v) is 7.35. The standard InChI is InChI=1S/C14H22ClN3O/c1-10(2)13-16-11(3)8-12(17-13)18-14(9-15)4-6-19-7-5-14/h8,10H,4-7,9H2,1-3H3,(H,16,17,18). The third-order valence-electron chi connectivity index (χ3n) is 3.49. The summed E-state index contributed by atoms with van der Waals surface area (Å²) in [5.74, 6) is 2.64. The van der Waals surface area contributed by atoms with E-state index >= 15 is 0 Å². The second-order valence-corrected chi connectivity index (χ2v) is 5.83. The van der Waals surface area contributed by atoms with Gasteiger partial charge in [0.15, 0.2) is 0 Å². The van der Waals surface area contributed by atoms with Gasteiger partial charge >= 0.3 is 0 Å². The molecular formula is C14H22ClN3O. The van der Waals surface area contributed by atoms with E-state index < -0.39 is 0 Å². The summed E-state index contributed by atoms with van der Waals surface area (Å²) in [5.41, 5.74) is 0.882. The normalized spacial score (nSPS) is 18.6. The highest BCUT2D eigenvalue weighted by molar-refractivity contribution is 6.18. The van der Waals surface area contributed by atoms with E-state index in [1.54, 1.807) is 0 Å². The van der Waals surface area contributed by atoms with Crippen molar-refractivity contribution in [3.05, 3.63) is 17.6 Å². The van der Waals surface area contributed by atoms with E-state index in [1.807, 2.05) is 13.0 Å². The van der Waals surface area contributed by atoms with Crippen LogP contribution >= 0.6 is 11.6 Å². The quantitative estimate of drug-likeness (QED) is 0.863. The summed E-state index contributed by atoms with van der Waals surface area (Å²) in [4.78, 5) is 9.06. The average molecular weight is 284 g/mol. The number of nitrogens with one attached hydrogen (secondary N) is 1. The van der Waals surface area contributed by atoms with Crippen LogP contribution in [0.1, 0.15) is 44.1 Å². The number of aryl methyl sites for hydroxylation is 1. The number of aromatic nitrogens is 2. The molecule has 0 spiro atoms. The molecule has 0 atom stereocenters. The van der Waals surface area contributed by atoms with E-state index in [-0.39, 0.29) is 5.54 Å². The monoisotopic (exact) mass is 283 g/mol. The second-order valence-electron chi connectivity index (χ2n) is 5.56. The maximum atomic E-state index is 6.17. The summed E-state index contributed by atoms with van der Waals surface area (Å²) in [7, 11) is 0. The zero-order valence-electron chi connectivity index (χ0n) is 11.9. The molecule has 0 saturated carbocycles. The summed E-state index contributed by atoms with van der Waals surface area (Å²) in [5, 5.41) is 3.52. The highest BCUT2D eigenvalue weighted by atomic mass is 35.5. The molecule has 0 amide bonds. The molecule has 1 saturated heterocycles. The molecule has 2 rings (SSSR count). The van der Waals surface area contributed by atoms with Gasteiger partial charge in [-0.25, -0.2) is 9.97 Å². The molecule has 19 heavy (non-hydrogen) atoms. The van der Waals surface area contributed by atoms with Gasteiger partial charge in [-0.1, -0.05) is 13.8 Å². The smallest absolute Gasteiger partial charge is 0.133 e. The Labute approximate surface area is 119 Å². The van der Waals surface area contributed by atoms with Crippen molar-refractivity contribution in [2.75, 3.05) is 24.4 Å². The molecule has 106 valence electrons. The Morgan fingerprint density at radius 1 is 1.37 bits per heavy atom. The van der Waals surface area contributed by atoms with Crippen molar-refractivity contribution in [1.82, 2.24) is 9.97 Å². The zero-order chi connectivity index (χ0) is 13.9. The highest BCUT2D eigenvalue weighted by Crippen LogP contribution is 2.27. The molecule has 1 aromatic rings. The van der Waals surface area contributed by atoms with Crippen molar-refractivity contribution in [1.29, 1.82) is 0 Å². The minimum absolute atomic E-state index is 0.102. The van der Waals surface area contributed by atoms with Crippen LogP contribution in [0, 0.1) is 6.92 Å². The highest BCUT2D eigenvalue weighted by Gasteiger charge is 2.32. The number of alkyl halides is 1. The maximum absolute atomic E-state index is 6.17. The Morgan fingerprint density at radius 2 is 2.05 bits per heavy atom. The van der Waals surface area contributed by atoms with Gasteiger partial charge in [0.2, 0.25) is 0 Å². The fraction of sp³-hybridized carbons (Fsp3) is 0.714. The molecule has 4 nitrogen and oxygen atoms in total. The van der Waals surface area contributed by atoms with Crippen molar-refractivity contribution in [3.8, 4) is 0 Å². The third-order valence-corrected chi connectivity index (χ3v) is 4.00. The predicted octanol–water partition coefficient (Wildman–Crippen LogP) is 3.11. The number of hydrogen-bond donors (Lipinski definition) is 1. The molecule has 0 unspecified atom stereocenters. The van der Waals surface area contributed by atoms with Gasteiger partial charge in [-0.3, -0.25) is 0 Å². The number of hydrogen-bond acceptors (Lipinski definition) is 4. The van der Waals surface area contributed by atoms with Gasteiger partial charge in [0, 0.05) is 36.8 Å². The third kappa shape index (κ3) is 3.57. The first kappa shape index (κ1) is 14.5. The van der Waals surface area contributed by atoms with Gasteiger partial charge in [0.25, 0.3) is 0 Å². The molecule has 0 bridgehead atoms. The SMILES string of the molecule is Cc1cc(NC2(CCl)CCOCC2)nc(C(C)C)n1. The minimum atomic E-state index is -0.102. The van der Waals surface area contributed by atoms with Crippen molar-refractivity contribution in [3.63, 3.8) is 0 Å². The minimum Gasteiger partial charge on any atom is -0.381 e. The molecule has 1 aromatic heterocycles. The summed E-state index contributed by atoms with van der Waals surface area (Å²) in [6, 6.07) is 1.98. The lowest BCUT2D eigenvalue weighted by atomic mass is 9.92. The fourth-order valence-electron chi connectivity index (χ4n) is 2.24. The van der Waals surface area contributed by atoms with E-state index in [4.69, 9.17) is 16.3 Å². The first-order chi connectivity index (χ1) is 9.04. The van der Waals surface area contributed by atoms with Crippen LogP contribution in [0.2, 0.25) is 0 Å². The summed E-state index contributed by atoms with van der Waals surface area (Å²) < 4.78 is 5.42. The molecular weight excluding hydrogens is 262 g/mol. The summed E-state index contributed by atoms with van der Waals surface area (Å²) in [6.07, 6.45) is 1.83. The summed E-state index contributed by atoms with van der Waals surface area (Å²) >= 11 is 6.17. The molecule has 5 heteroatoms. The van der Waals surface area contributed by atoms with Crippen LogP contribution < -0.4 is 5.32 Å². The van der Waals surface area contributed by atoms with Crippen LogP contribution in [0.15, 0.2) is 6.07 Å². The Balaban J connectivity index is 2.21. The number of halogens is 1. The molecule has 0 radical (unpaired) electrons. The second kappa shape index (κ2) is 6.06. The topological polar surface area (TPSA) is 47.0 Å². The van der Waals surface area contributed by atoms with Crippen LogP contribution in [0.5, 0.6) is 0 Å². The molecule has 0 aromatic carbocycles. The number of rotatable bonds is 4. The van der Waals surface area contributed by atoms with Gasteiger partial charge in [-0.05, 0) is 19.8 Å². The Bertz CT molecular complexity index is 431. The van der Waals surface area contributed by atoms with Crippen LogP contribution in [0.4, 0.5) is 5.82 Å². The Hall–Kier alpha value is -0.870. The zero-order valence-corrected chi connectivity index (χ0v) is 12.6. The average Bonchev–Trinajstić information content (AvgIpc) is 2.39. The summed E-state index contributed by atoms with van der Waals surface area (Å²) in [6.45, 7) is 7.70. The van der Waals surface area contributed by atoms with Gasteiger partial charge in [-0.15, -0.1) is 11.6 Å². The van der Waals surface area contributed by atoms with E-state index in [9.17, 15) is 0 Å². The van der Waals surface area contributed by atoms with E-state index in [1.165, 1.54) is 0 Å². The lowest BCUT2D eigenvalue weighted by Crippen LogP contribution is -2.45. The molecule has 0 aliphatic carbocycles. The molecule has 2 heterocycles. The predicted molar refractivity (Wildman–Crippen MR) is 78.0 cm³/mol. The lowest BCUT2D eigenvalue weighted by molar-refractivity contribution is 0.0666. The largest absolute Gasteiger partial charge is 0.381 e. The molecule has 1 aliphatic rings. The lowest BCUT2D eigenvalue weighted by Gasteiger charge is -2.36. The van der Waals surface area contributed by atoms with Crippen molar-refractivity contribution < 1.29 is 4.74 Å². The van der Waals surface area contributed by atoms with Gasteiger partial charge in [0.05, 0.1) is 5.54 Å². The number of anilines is 1. The van der Waals surface area contributed by atoms with E-state index in [2.05, 4.69) is 29.1 Å². The van der Waals surface area contributed by atoms with Gasteiger partial charge in [0.1, 0.15) is 11.6 Å². The van der Waals surface area contributed by atoms with Crippen molar-refractivity contribution in [2.24, 2.45) is 0 Å².